The summed E-state index contributed by atoms with van der Waals surface area (Å²) in [6.45, 7) is 2.38. The summed E-state index contributed by atoms with van der Waals surface area (Å²) in [7, 11) is 0. The fourth-order valence-corrected chi connectivity index (χ4v) is 1.36. The van der Waals surface area contributed by atoms with Crippen molar-refractivity contribution in [3.8, 4) is 11.8 Å². The Hall–Kier alpha value is -2.27. The molecule has 0 amide bonds. The van der Waals surface area contributed by atoms with E-state index in [0.717, 1.165) is 11.3 Å². The molecule has 0 fully saturated rings. The van der Waals surface area contributed by atoms with E-state index in [0.29, 0.717) is 12.3 Å². The minimum atomic E-state index is 0.481. The molecule has 0 radical (unpaired) electrons. The molecule has 0 N–H and O–H groups in total. The van der Waals surface area contributed by atoms with Crippen LogP contribution in [0.1, 0.15) is 17.1 Å². The summed E-state index contributed by atoms with van der Waals surface area (Å²) < 4.78 is 5.32. The molecule has 0 aliphatic rings. The SMILES string of the molecule is Cc1ccc(C#CCN=Cc2ccccc2)o1. The lowest BCUT2D eigenvalue weighted by Crippen LogP contribution is -1.81. The van der Waals surface area contributed by atoms with Crippen LogP contribution in [-0.2, 0) is 0 Å². The van der Waals surface area contributed by atoms with E-state index >= 15 is 0 Å². The first kappa shape index (κ1) is 11.2. The van der Waals surface area contributed by atoms with Gasteiger partial charge >= 0.3 is 0 Å². The summed E-state index contributed by atoms with van der Waals surface area (Å²) in [6.07, 6.45) is 1.82. The predicted molar refractivity (Wildman–Crippen MR) is 69.2 cm³/mol. The summed E-state index contributed by atoms with van der Waals surface area (Å²) in [5.41, 5.74) is 1.09. The molecule has 0 aliphatic heterocycles. The quantitative estimate of drug-likeness (QED) is 0.567. The van der Waals surface area contributed by atoms with Gasteiger partial charge in [0.1, 0.15) is 12.3 Å². The molecule has 0 unspecified atom stereocenters. The second kappa shape index (κ2) is 5.72. The van der Waals surface area contributed by atoms with Gasteiger partial charge in [0.15, 0.2) is 5.76 Å². The summed E-state index contributed by atoms with van der Waals surface area (Å²) in [4.78, 5) is 4.22. The molecule has 2 heteroatoms. The Balaban J connectivity index is 1.88. The maximum absolute atomic E-state index is 5.32. The van der Waals surface area contributed by atoms with Gasteiger partial charge in [0.05, 0.1) is 0 Å². The smallest absolute Gasteiger partial charge is 0.177 e. The summed E-state index contributed by atoms with van der Waals surface area (Å²) in [6, 6.07) is 13.7. The van der Waals surface area contributed by atoms with E-state index in [-0.39, 0.29) is 0 Å². The van der Waals surface area contributed by atoms with Crippen LogP contribution in [0.3, 0.4) is 0 Å². The Bertz CT molecular complexity index is 555. The summed E-state index contributed by atoms with van der Waals surface area (Å²) in [5, 5.41) is 0. The average Bonchev–Trinajstić information content (AvgIpc) is 2.76. The van der Waals surface area contributed by atoms with Gasteiger partial charge in [0, 0.05) is 6.21 Å². The highest BCUT2D eigenvalue weighted by Gasteiger charge is 1.90. The summed E-state index contributed by atoms with van der Waals surface area (Å²) in [5.74, 6) is 7.43. The zero-order valence-electron chi connectivity index (χ0n) is 9.68. The number of benzene rings is 1. The monoisotopic (exact) mass is 223 g/mol. The highest BCUT2D eigenvalue weighted by Crippen LogP contribution is 2.03. The van der Waals surface area contributed by atoms with Crippen LogP contribution < -0.4 is 0 Å². The van der Waals surface area contributed by atoms with Crippen LogP contribution in [0.2, 0.25) is 0 Å². The van der Waals surface area contributed by atoms with E-state index in [1.807, 2.05) is 55.6 Å². The number of rotatable bonds is 2. The first-order chi connectivity index (χ1) is 8.34. The molecule has 0 aliphatic carbocycles. The number of hydrogen-bond donors (Lipinski definition) is 0. The van der Waals surface area contributed by atoms with Gasteiger partial charge in [-0.15, -0.1) is 0 Å². The molecule has 2 aromatic rings. The Morgan fingerprint density at radius 3 is 2.71 bits per heavy atom. The Kier molecular flexibility index (Phi) is 3.77. The van der Waals surface area contributed by atoms with Gasteiger partial charge in [0.25, 0.3) is 0 Å². The molecule has 1 aromatic heterocycles. The minimum absolute atomic E-state index is 0.481. The van der Waals surface area contributed by atoms with Crippen LogP contribution >= 0.6 is 0 Å². The van der Waals surface area contributed by atoms with Gasteiger partial charge in [-0.3, -0.25) is 4.99 Å². The van der Waals surface area contributed by atoms with Gasteiger partial charge in [-0.2, -0.15) is 0 Å². The third kappa shape index (κ3) is 3.66. The van der Waals surface area contributed by atoms with Crippen molar-refractivity contribution in [1.29, 1.82) is 0 Å². The van der Waals surface area contributed by atoms with E-state index in [1.165, 1.54) is 0 Å². The fourth-order valence-electron chi connectivity index (χ4n) is 1.36. The van der Waals surface area contributed by atoms with Crippen molar-refractivity contribution < 1.29 is 4.42 Å². The Morgan fingerprint density at radius 2 is 2.00 bits per heavy atom. The molecule has 84 valence electrons. The van der Waals surface area contributed by atoms with E-state index in [1.54, 1.807) is 0 Å². The maximum Gasteiger partial charge on any atom is 0.177 e. The molecule has 0 bridgehead atoms. The third-order valence-corrected chi connectivity index (χ3v) is 2.16. The molecule has 0 saturated heterocycles. The van der Waals surface area contributed by atoms with E-state index in [2.05, 4.69) is 16.8 Å². The molecule has 0 atom stereocenters. The molecule has 1 aromatic carbocycles. The van der Waals surface area contributed by atoms with Crippen LogP contribution in [0.15, 0.2) is 51.9 Å². The molecule has 1 heterocycles. The van der Waals surface area contributed by atoms with E-state index < -0.39 is 0 Å². The first-order valence-corrected chi connectivity index (χ1v) is 5.45. The van der Waals surface area contributed by atoms with Crippen molar-refractivity contribution in [2.75, 3.05) is 6.54 Å². The van der Waals surface area contributed by atoms with Crippen LogP contribution in [0, 0.1) is 18.8 Å². The van der Waals surface area contributed by atoms with Crippen LogP contribution in [-0.4, -0.2) is 12.8 Å². The zero-order chi connectivity index (χ0) is 11.9. The first-order valence-electron chi connectivity index (χ1n) is 5.45. The normalized spacial score (nSPS) is 10.2. The van der Waals surface area contributed by atoms with Gasteiger partial charge in [-0.05, 0) is 30.5 Å². The number of aryl methyl sites for hydroxylation is 1. The number of hydrogen-bond acceptors (Lipinski definition) is 2. The van der Waals surface area contributed by atoms with Crippen LogP contribution in [0.4, 0.5) is 0 Å². The van der Waals surface area contributed by atoms with Gasteiger partial charge in [0.2, 0.25) is 0 Å². The van der Waals surface area contributed by atoms with Crippen LogP contribution in [0.25, 0.3) is 0 Å². The molecule has 2 nitrogen and oxygen atoms in total. The molecular formula is C15H13NO. The largest absolute Gasteiger partial charge is 0.453 e. The van der Waals surface area contributed by atoms with Gasteiger partial charge in [-0.25, -0.2) is 0 Å². The minimum Gasteiger partial charge on any atom is -0.453 e. The summed E-state index contributed by atoms with van der Waals surface area (Å²) >= 11 is 0. The average molecular weight is 223 g/mol. The van der Waals surface area contributed by atoms with Crippen molar-refractivity contribution in [1.82, 2.24) is 0 Å². The van der Waals surface area contributed by atoms with Gasteiger partial charge < -0.3 is 4.42 Å². The zero-order valence-corrected chi connectivity index (χ0v) is 9.68. The highest BCUT2D eigenvalue weighted by molar-refractivity contribution is 5.79. The number of furan rings is 1. The molecule has 17 heavy (non-hydrogen) atoms. The third-order valence-electron chi connectivity index (χ3n) is 2.16. The van der Waals surface area contributed by atoms with Crippen molar-refractivity contribution in [2.45, 2.75) is 6.92 Å². The lowest BCUT2D eigenvalue weighted by Gasteiger charge is -1.88. The maximum atomic E-state index is 5.32. The second-order valence-electron chi connectivity index (χ2n) is 3.59. The van der Waals surface area contributed by atoms with Gasteiger partial charge in [-0.1, -0.05) is 36.3 Å². The lowest BCUT2D eigenvalue weighted by molar-refractivity contribution is 0.522. The second-order valence-corrected chi connectivity index (χ2v) is 3.59. The van der Waals surface area contributed by atoms with E-state index in [4.69, 9.17) is 4.42 Å². The standard InChI is InChI=1S/C15H13NO/c1-13-9-10-15(17-13)8-5-11-16-12-14-6-3-2-4-7-14/h2-4,6-7,9-10,12H,11H2,1H3. The van der Waals surface area contributed by atoms with Crippen molar-refractivity contribution in [3.63, 3.8) is 0 Å². The molecule has 2 rings (SSSR count). The predicted octanol–water partition coefficient (Wildman–Crippen LogP) is 3.06. The number of aliphatic imine (C=N–C) groups is 1. The Labute approximate surface area is 101 Å². The van der Waals surface area contributed by atoms with Crippen molar-refractivity contribution in [2.24, 2.45) is 4.99 Å². The van der Waals surface area contributed by atoms with Crippen molar-refractivity contribution >= 4 is 6.21 Å². The molecular weight excluding hydrogens is 210 g/mol. The lowest BCUT2D eigenvalue weighted by atomic mass is 10.2. The number of nitrogens with zero attached hydrogens (tertiary/aromatic N) is 1. The van der Waals surface area contributed by atoms with Crippen molar-refractivity contribution in [3.05, 3.63) is 59.5 Å². The Morgan fingerprint density at radius 1 is 1.18 bits per heavy atom. The molecule has 0 saturated carbocycles. The van der Waals surface area contributed by atoms with E-state index in [9.17, 15) is 0 Å². The topological polar surface area (TPSA) is 25.5 Å². The molecule has 0 spiro atoms. The highest BCUT2D eigenvalue weighted by atomic mass is 16.3. The fraction of sp³-hybridized carbons (Fsp3) is 0.133. The van der Waals surface area contributed by atoms with Crippen LogP contribution in [0.5, 0.6) is 0 Å².